The fraction of sp³-hybridized carbons (Fsp3) is 0.304. The van der Waals surface area contributed by atoms with E-state index in [9.17, 15) is 9.59 Å². The van der Waals surface area contributed by atoms with E-state index in [1.165, 1.54) is 22.0 Å². The number of amides is 2. The van der Waals surface area contributed by atoms with Gasteiger partial charge in [0.25, 0.3) is 0 Å². The van der Waals surface area contributed by atoms with Gasteiger partial charge in [-0.3, -0.25) is 4.79 Å². The Hall–Kier alpha value is -3.28. The first kappa shape index (κ1) is 19.1. The van der Waals surface area contributed by atoms with Gasteiger partial charge in [0.1, 0.15) is 0 Å². The third kappa shape index (κ3) is 3.97. The molecule has 2 amide bonds. The highest BCUT2D eigenvalue weighted by atomic mass is 16.5. The van der Waals surface area contributed by atoms with Gasteiger partial charge in [-0.1, -0.05) is 24.3 Å². The Morgan fingerprint density at radius 2 is 1.90 bits per heavy atom. The minimum absolute atomic E-state index is 0.116. The molecule has 1 aliphatic rings. The van der Waals surface area contributed by atoms with Gasteiger partial charge in [0, 0.05) is 42.9 Å². The van der Waals surface area contributed by atoms with E-state index in [-0.39, 0.29) is 18.4 Å². The largest absolute Gasteiger partial charge is 0.466 e. The van der Waals surface area contributed by atoms with Crippen molar-refractivity contribution in [3.05, 3.63) is 65.4 Å². The summed E-state index contributed by atoms with van der Waals surface area (Å²) in [6.07, 6.45) is 3.23. The average Bonchev–Trinajstić information content (AvgIpc) is 2.91. The molecule has 150 valence electrons. The Morgan fingerprint density at radius 1 is 1.10 bits per heavy atom. The van der Waals surface area contributed by atoms with Crippen LogP contribution in [0.15, 0.2) is 48.7 Å². The van der Waals surface area contributed by atoms with E-state index in [2.05, 4.69) is 35.3 Å². The Balaban J connectivity index is 1.44. The number of urea groups is 1. The van der Waals surface area contributed by atoms with Crippen LogP contribution < -0.4 is 5.32 Å². The lowest BCUT2D eigenvalue weighted by Crippen LogP contribution is -2.35. The van der Waals surface area contributed by atoms with Crippen molar-refractivity contribution in [1.82, 2.24) is 9.47 Å². The summed E-state index contributed by atoms with van der Waals surface area (Å²) in [7, 11) is 2.06. The number of carbonyl (C=O) groups is 2. The molecule has 0 saturated heterocycles. The number of hydrogen-bond acceptors (Lipinski definition) is 3. The molecule has 0 unspecified atom stereocenters. The zero-order valence-electron chi connectivity index (χ0n) is 16.8. The molecule has 4 rings (SSSR count). The average molecular weight is 391 g/mol. The maximum Gasteiger partial charge on any atom is 0.322 e. The van der Waals surface area contributed by atoms with Gasteiger partial charge in [0.05, 0.1) is 13.0 Å². The second-order valence-electron chi connectivity index (χ2n) is 7.36. The molecule has 29 heavy (non-hydrogen) atoms. The molecule has 2 aromatic carbocycles. The normalized spacial score (nSPS) is 13.2. The van der Waals surface area contributed by atoms with Crippen LogP contribution in [0.2, 0.25) is 0 Å². The third-order valence-electron chi connectivity index (χ3n) is 5.34. The van der Waals surface area contributed by atoms with E-state index < -0.39 is 0 Å². The molecule has 1 aromatic heterocycles. The molecule has 3 aromatic rings. The van der Waals surface area contributed by atoms with E-state index in [1.54, 1.807) is 6.92 Å². The van der Waals surface area contributed by atoms with Crippen LogP contribution in [0.4, 0.5) is 10.5 Å². The summed E-state index contributed by atoms with van der Waals surface area (Å²) in [6.45, 7) is 3.42. The van der Waals surface area contributed by atoms with Gasteiger partial charge in [0.2, 0.25) is 0 Å². The zero-order valence-corrected chi connectivity index (χ0v) is 16.8. The van der Waals surface area contributed by atoms with E-state index >= 15 is 0 Å². The number of carbonyl (C=O) groups excluding carboxylic acids is 2. The number of esters is 1. The topological polar surface area (TPSA) is 63.6 Å². The molecule has 1 N–H and O–H groups in total. The molecule has 2 heterocycles. The van der Waals surface area contributed by atoms with Gasteiger partial charge in [0.15, 0.2) is 0 Å². The molecular weight excluding hydrogens is 366 g/mol. The maximum absolute atomic E-state index is 12.9. The number of nitrogens with zero attached hydrogens (tertiary/aromatic N) is 2. The minimum Gasteiger partial charge on any atom is -0.466 e. The van der Waals surface area contributed by atoms with E-state index in [1.807, 2.05) is 35.2 Å². The fourth-order valence-corrected chi connectivity index (χ4v) is 3.94. The van der Waals surface area contributed by atoms with Crippen molar-refractivity contribution in [2.75, 3.05) is 18.5 Å². The Labute approximate surface area is 170 Å². The molecule has 1 aliphatic heterocycles. The van der Waals surface area contributed by atoms with Crippen molar-refractivity contribution in [3.63, 3.8) is 0 Å². The second kappa shape index (κ2) is 7.99. The van der Waals surface area contributed by atoms with Crippen molar-refractivity contribution in [1.29, 1.82) is 0 Å². The standard InChI is InChI=1S/C23H25N3O3/c1-3-29-21(27)13-16-7-9-19(10-8-16)24-23(28)26-12-11-18-14-25(2)20-6-4-5-17(15-26)22(18)20/h4-10,14H,3,11-13,15H2,1-2H3,(H,24,28). The van der Waals surface area contributed by atoms with Crippen molar-refractivity contribution in [3.8, 4) is 0 Å². The lowest BCUT2D eigenvalue weighted by atomic mass is 10.1. The lowest BCUT2D eigenvalue weighted by Gasteiger charge is -2.22. The molecule has 6 heteroatoms. The monoisotopic (exact) mass is 391 g/mol. The molecule has 0 saturated carbocycles. The Morgan fingerprint density at radius 3 is 2.66 bits per heavy atom. The Bertz CT molecular complexity index is 1050. The summed E-state index contributed by atoms with van der Waals surface area (Å²) in [5, 5.41) is 4.24. The van der Waals surface area contributed by atoms with Crippen LogP contribution in [-0.2, 0) is 36.0 Å². The fourth-order valence-electron chi connectivity index (χ4n) is 3.94. The predicted octanol–water partition coefficient (Wildman–Crippen LogP) is 3.87. The van der Waals surface area contributed by atoms with Crippen LogP contribution in [-0.4, -0.2) is 34.6 Å². The van der Waals surface area contributed by atoms with E-state index in [0.29, 0.717) is 25.4 Å². The first-order chi connectivity index (χ1) is 14.0. The summed E-state index contributed by atoms with van der Waals surface area (Å²) in [6, 6.07) is 13.5. The highest BCUT2D eigenvalue weighted by Gasteiger charge is 2.22. The quantitative estimate of drug-likeness (QED) is 0.687. The number of aryl methyl sites for hydroxylation is 1. The maximum atomic E-state index is 12.9. The summed E-state index contributed by atoms with van der Waals surface area (Å²) in [5.74, 6) is -0.247. The number of hydrogen-bond donors (Lipinski definition) is 1. The second-order valence-corrected chi connectivity index (χ2v) is 7.36. The summed E-state index contributed by atoms with van der Waals surface area (Å²) in [4.78, 5) is 26.3. The summed E-state index contributed by atoms with van der Waals surface area (Å²) >= 11 is 0. The minimum atomic E-state index is -0.247. The van der Waals surface area contributed by atoms with Gasteiger partial charge in [-0.25, -0.2) is 4.79 Å². The van der Waals surface area contributed by atoms with Crippen LogP contribution in [0.25, 0.3) is 10.9 Å². The summed E-state index contributed by atoms with van der Waals surface area (Å²) in [5.41, 5.74) is 5.24. The van der Waals surface area contributed by atoms with Crippen LogP contribution in [0.1, 0.15) is 23.6 Å². The third-order valence-corrected chi connectivity index (χ3v) is 5.34. The smallest absolute Gasteiger partial charge is 0.322 e. The van der Waals surface area contributed by atoms with Gasteiger partial charge in [-0.2, -0.15) is 0 Å². The van der Waals surface area contributed by atoms with Gasteiger partial charge < -0.3 is 19.5 Å². The number of ether oxygens (including phenoxy) is 1. The van der Waals surface area contributed by atoms with Gasteiger partial charge >= 0.3 is 12.0 Å². The number of aromatic nitrogens is 1. The molecule has 0 radical (unpaired) electrons. The van der Waals surface area contributed by atoms with Crippen molar-refractivity contribution in [2.24, 2.45) is 7.05 Å². The molecule has 0 bridgehead atoms. The van der Waals surface area contributed by atoms with Crippen LogP contribution in [0.5, 0.6) is 0 Å². The van der Waals surface area contributed by atoms with Crippen molar-refractivity contribution in [2.45, 2.75) is 26.3 Å². The molecular formula is C23H25N3O3. The first-order valence-electron chi connectivity index (χ1n) is 9.91. The van der Waals surface area contributed by atoms with Gasteiger partial charge in [-0.15, -0.1) is 0 Å². The predicted molar refractivity (Wildman–Crippen MR) is 113 cm³/mol. The van der Waals surface area contributed by atoms with Crippen LogP contribution >= 0.6 is 0 Å². The molecule has 0 spiro atoms. The Kier molecular flexibility index (Phi) is 5.25. The highest BCUT2D eigenvalue weighted by Crippen LogP contribution is 2.29. The molecule has 6 nitrogen and oxygen atoms in total. The number of nitrogens with one attached hydrogen (secondary N) is 1. The number of benzene rings is 2. The summed E-state index contributed by atoms with van der Waals surface area (Å²) < 4.78 is 7.12. The molecule has 0 aliphatic carbocycles. The highest BCUT2D eigenvalue weighted by molar-refractivity contribution is 5.92. The molecule has 0 fully saturated rings. The lowest BCUT2D eigenvalue weighted by molar-refractivity contribution is -0.142. The van der Waals surface area contributed by atoms with Crippen LogP contribution in [0, 0.1) is 0 Å². The first-order valence-corrected chi connectivity index (χ1v) is 9.91. The SMILES string of the molecule is CCOC(=O)Cc1ccc(NC(=O)N2CCc3cn(C)c4cccc(c34)C2)cc1. The number of rotatable bonds is 4. The van der Waals surface area contributed by atoms with Crippen molar-refractivity contribution < 1.29 is 14.3 Å². The zero-order chi connectivity index (χ0) is 20.4. The van der Waals surface area contributed by atoms with Crippen molar-refractivity contribution >= 4 is 28.6 Å². The molecule has 0 atom stereocenters. The van der Waals surface area contributed by atoms with E-state index in [4.69, 9.17) is 4.74 Å². The van der Waals surface area contributed by atoms with Crippen LogP contribution in [0.3, 0.4) is 0 Å². The van der Waals surface area contributed by atoms with Gasteiger partial charge in [-0.05, 0) is 48.2 Å². The van der Waals surface area contributed by atoms with E-state index in [0.717, 1.165) is 12.0 Å². The number of anilines is 1.